The number of benzene rings is 1. The number of hydrogen-bond donors (Lipinski definition) is 5. The Kier molecular flexibility index (Phi) is 6.62. The monoisotopic (exact) mass is 362 g/mol. The Balaban J connectivity index is 0.000000336. The fourth-order valence-corrected chi connectivity index (χ4v) is 1.86. The minimum atomic E-state index is -4.64. The molecule has 0 aromatic heterocycles. The summed E-state index contributed by atoms with van der Waals surface area (Å²) in [6.07, 6.45) is 0. The number of hydrogen-bond acceptors (Lipinski definition) is 3. The molecule has 1 rings (SSSR count). The maximum absolute atomic E-state index is 8.88. The molecule has 0 heterocycles. The maximum Gasteiger partial charge on any atom is 0.466 e. The van der Waals surface area contributed by atoms with E-state index in [1.54, 1.807) is 0 Å². The molecule has 0 amide bonds. The molecule has 9 heteroatoms. The predicted molar refractivity (Wildman–Crippen MR) is 63.9 cm³/mol. The van der Waals surface area contributed by atoms with E-state index in [9.17, 15) is 0 Å². The molecule has 0 aliphatic rings. The number of halogens is 2. The SMILES string of the molecule is NNc1c(Br)cccc1Br.O=P(O)(O)O. The van der Waals surface area contributed by atoms with Crippen molar-refractivity contribution in [1.29, 1.82) is 0 Å². The fourth-order valence-electron chi connectivity index (χ4n) is 0.636. The predicted octanol–water partition coefficient (Wildman–Crippen LogP) is 1.57. The van der Waals surface area contributed by atoms with Gasteiger partial charge in [0, 0.05) is 8.95 Å². The van der Waals surface area contributed by atoms with Gasteiger partial charge in [-0.2, -0.15) is 0 Å². The minimum absolute atomic E-state index is 0.863. The summed E-state index contributed by atoms with van der Waals surface area (Å²) in [6, 6.07) is 5.76. The van der Waals surface area contributed by atoms with Crippen molar-refractivity contribution in [3.05, 3.63) is 27.1 Å². The average molecular weight is 364 g/mol. The molecule has 0 spiro atoms. The molecule has 1 aromatic carbocycles. The third-order valence-electron chi connectivity index (χ3n) is 1.11. The molecule has 0 unspecified atom stereocenters. The molecule has 6 N–H and O–H groups in total. The van der Waals surface area contributed by atoms with Crippen LogP contribution in [0, 0.1) is 0 Å². The molecule has 0 aliphatic carbocycles. The molecular formula is C6H9Br2N2O4P. The van der Waals surface area contributed by atoms with E-state index in [0.29, 0.717) is 0 Å². The third kappa shape index (κ3) is 7.92. The Morgan fingerprint density at radius 3 is 1.73 bits per heavy atom. The van der Waals surface area contributed by atoms with Crippen LogP contribution in [0.1, 0.15) is 0 Å². The van der Waals surface area contributed by atoms with E-state index < -0.39 is 7.82 Å². The first-order valence-electron chi connectivity index (χ1n) is 3.44. The lowest BCUT2D eigenvalue weighted by Gasteiger charge is -2.03. The molecule has 0 bridgehead atoms. The van der Waals surface area contributed by atoms with Gasteiger partial charge in [0.2, 0.25) is 0 Å². The zero-order valence-corrected chi connectivity index (χ0v) is 11.3. The van der Waals surface area contributed by atoms with Gasteiger partial charge < -0.3 is 20.1 Å². The van der Waals surface area contributed by atoms with Crippen LogP contribution in [0.5, 0.6) is 0 Å². The van der Waals surface area contributed by atoms with E-state index in [2.05, 4.69) is 37.3 Å². The van der Waals surface area contributed by atoms with E-state index >= 15 is 0 Å². The molecule has 15 heavy (non-hydrogen) atoms. The van der Waals surface area contributed by atoms with Crippen molar-refractivity contribution in [3.63, 3.8) is 0 Å². The molecule has 86 valence electrons. The highest BCUT2D eigenvalue weighted by Crippen LogP contribution is 2.29. The Hall–Kier alpha value is 0.0500. The van der Waals surface area contributed by atoms with Crippen LogP contribution < -0.4 is 11.3 Å². The average Bonchev–Trinajstić information content (AvgIpc) is 2.01. The molecule has 0 aliphatic heterocycles. The van der Waals surface area contributed by atoms with Gasteiger partial charge in [-0.25, -0.2) is 4.57 Å². The van der Waals surface area contributed by atoms with Crippen molar-refractivity contribution in [1.82, 2.24) is 0 Å². The molecule has 0 saturated carbocycles. The zero-order valence-electron chi connectivity index (χ0n) is 7.26. The second-order valence-electron chi connectivity index (χ2n) is 2.25. The van der Waals surface area contributed by atoms with Crippen LogP contribution in [-0.4, -0.2) is 14.7 Å². The van der Waals surface area contributed by atoms with E-state index in [4.69, 9.17) is 25.1 Å². The first-order chi connectivity index (χ1) is 6.75. The first kappa shape index (κ1) is 15.0. The van der Waals surface area contributed by atoms with Crippen LogP contribution in [-0.2, 0) is 4.57 Å². The van der Waals surface area contributed by atoms with E-state index in [1.807, 2.05) is 18.2 Å². The van der Waals surface area contributed by atoms with Gasteiger partial charge in [-0.05, 0) is 44.0 Å². The number of anilines is 1. The minimum Gasteiger partial charge on any atom is -0.322 e. The number of hydrazine groups is 1. The zero-order chi connectivity index (χ0) is 12.1. The van der Waals surface area contributed by atoms with Gasteiger partial charge >= 0.3 is 7.82 Å². The summed E-state index contributed by atoms with van der Waals surface area (Å²) >= 11 is 6.67. The molecular weight excluding hydrogens is 355 g/mol. The third-order valence-corrected chi connectivity index (χ3v) is 2.43. The molecule has 0 fully saturated rings. The second kappa shape index (κ2) is 6.59. The van der Waals surface area contributed by atoms with Crippen LogP contribution in [0.25, 0.3) is 0 Å². The number of phosphoric acid groups is 1. The van der Waals surface area contributed by atoms with Crippen molar-refractivity contribution < 1.29 is 19.2 Å². The van der Waals surface area contributed by atoms with Crippen molar-refractivity contribution in [3.8, 4) is 0 Å². The first-order valence-corrected chi connectivity index (χ1v) is 6.59. The summed E-state index contributed by atoms with van der Waals surface area (Å²) in [5.74, 6) is 5.24. The van der Waals surface area contributed by atoms with Crippen molar-refractivity contribution in [2.75, 3.05) is 5.43 Å². The van der Waals surface area contributed by atoms with Crippen molar-refractivity contribution in [2.45, 2.75) is 0 Å². The normalized spacial score (nSPS) is 10.3. The summed E-state index contributed by atoms with van der Waals surface area (Å²) < 4.78 is 10.8. The Morgan fingerprint density at radius 2 is 1.53 bits per heavy atom. The smallest absolute Gasteiger partial charge is 0.322 e. The highest BCUT2D eigenvalue weighted by atomic mass is 79.9. The molecule has 0 radical (unpaired) electrons. The van der Waals surface area contributed by atoms with Crippen LogP contribution in [0.4, 0.5) is 5.69 Å². The summed E-state index contributed by atoms with van der Waals surface area (Å²) in [5, 5.41) is 0. The molecule has 1 aromatic rings. The number of para-hydroxylation sites is 1. The van der Waals surface area contributed by atoms with Crippen LogP contribution in [0.15, 0.2) is 27.1 Å². The quantitative estimate of drug-likeness (QED) is 0.294. The van der Waals surface area contributed by atoms with Gasteiger partial charge in [-0.15, -0.1) is 0 Å². The highest BCUT2D eigenvalue weighted by molar-refractivity contribution is 9.11. The van der Waals surface area contributed by atoms with Gasteiger partial charge in [0.15, 0.2) is 0 Å². The largest absolute Gasteiger partial charge is 0.466 e. The van der Waals surface area contributed by atoms with Crippen LogP contribution in [0.3, 0.4) is 0 Å². The lowest BCUT2D eigenvalue weighted by Crippen LogP contribution is -2.07. The maximum atomic E-state index is 8.88. The van der Waals surface area contributed by atoms with Crippen molar-refractivity contribution in [2.24, 2.45) is 5.84 Å². The van der Waals surface area contributed by atoms with Crippen LogP contribution >= 0.6 is 39.7 Å². The summed E-state index contributed by atoms with van der Waals surface area (Å²) in [5.41, 5.74) is 3.43. The standard InChI is InChI=1S/C6H6Br2N2.H3O4P/c7-4-2-1-3-5(8)6(4)10-9;1-5(2,3)4/h1-3,10H,9H2;(H3,1,2,3,4). The lowest BCUT2D eigenvalue weighted by atomic mass is 10.3. The van der Waals surface area contributed by atoms with Gasteiger partial charge in [-0.3, -0.25) is 5.84 Å². The number of rotatable bonds is 1. The number of nitrogen functional groups attached to an aromatic ring is 1. The van der Waals surface area contributed by atoms with E-state index in [-0.39, 0.29) is 0 Å². The number of nitrogens with two attached hydrogens (primary N) is 1. The Morgan fingerprint density at radius 1 is 1.20 bits per heavy atom. The summed E-state index contributed by atoms with van der Waals surface area (Å²) in [7, 11) is -4.64. The molecule has 0 saturated heterocycles. The topological polar surface area (TPSA) is 116 Å². The lowest BCUT2D eigenvalue weighted by molar-refractivity contribution is 0.275. The van der Waals surface area contributed by atoms with Gasteiger partial charge in [0.05, 0.1) is 5.69 Å². The molecule has 6 nitrogen and oxygen atoms in total. The summed E-state index contributed by atoms with van der Waals surface area (Å²) in [4.78, 5) is 21.6. The van der Waals surface area contributed by atoms with Gasteiger partial charge in [-0.1, -0.05) is 6.07 Å². The van der Waals surface area contributed by atoms with Crippen molar-refractivity contribution >= 4 is 45.4 Å². The fraction of sp³-hybridized carbons (Fsp3) is 0. The van der Waals surface area contributed by atoms with E-state index in [0.717, 1.165) is 14.6 Å². The molecule has 0 atom stereocenters. The van der Waals surface area contributed by atoms with Gasteiger partial charge in [0.25, 0.3) is 0 Å². The van der Waals surface area contributed by atoms with Crippen LogP contribution in [0.2, 0.25) is 0 Å². The Labute approximate surface area is 103 Å². The Bertz CT molecular complexity index is 342. The highest BCUT2D eigenvalue weighted by Gasteiger charge is 2.00. The number of nitrogens with one attached hydrogen (secondary N) is 1. The van der Waals surface area contributed by atoms with Gasteiger partial charge in [0.1, 0.15) is 0 Å². The second-order valence-corrected chi connectivity index (χ2v) is 4.99. The summed E-state index contributed by atoms with van der Waals surface area (Å²) in [6.45, 7) is 0. The van der Waals surface area contributed by atoms with E-state index in [1.165, 1.54) is 0 Å².